The Bertz CT molecular complexity index is 1100. The summed E-state index contributed by atoms with van der Waals surface area (Å²) in [5.41, 5.74) is -5.85. The normalized spacial score (nSPS) is 14.8. The summed E-state index contributed by atoms with van der Waals surface area (Å²) in [6.45, 7) is 61.1. The van der Waals surface area contributed by atoms with Gasteiger partial charge in [-0.05, 0) is 152 Å². The van der Waals surface area contributed by atoms with Gasteiger partial charge in [0.05, 0.1) is 34.6 Å². The third kappa shape index (κ3) is 74.3. The number of aliphatic hydroxyl groups is 6. The number of rotatable bonds is 8. The Morgan fingerprint density at radius 1 is 0.324 bits per heavy atom. The summed E-state index contributed by atoms with van der Waals surface area (Å²) in [7, 11) is 1.77. The second-order valence-corrected chi connectivity index (χ2v) is 30.2. The van der Waals surface area contributed by atoms with Gasteiger partial charge in [-0.15, -0.1) is 0 Å². The molecule has 0 heterocycles. The van der Waals surface area contributed by atoms with E-state index in [0.717, 1.165) is 38.5 Å². The fourth-order valence-electron chi connectivity index (χ4n) is 8.14. The van der Waals surface area contributed by atoms with E-state index in [1.807, 2.05) is 55.4 Å². The smallest absolute Gasteiger partial charge is 0.393 e. The second-order valence-electron chi connectivity index (χ2n) is 30.2. The van der Waals surface area contributed by atoms with Gasteiger partial charge in [0, 0.05) is 7.11 Å². The van der Waals surface area contributed by atoms with E-state index in [1.54, 1.807) is 7.11 Å². The Labute approximate surface area is 417 Å². The predicted octanol–water partition coefficient (Wildman–Crippen LogP) is 16.3. The number of hydrogen-bond donors (Lipinski definition) is 6. The molecule has 7 nitrogen and oxygen atoms in total. The first kappa shape index (κ1) is 81.4. The molecule has 422 valence electrons. The highest BCUT2D eigenvalue weighted by Gasteiger charge is 2.70. The van der Waals surface area contributed by atoms with E-state index in [-0.39, 0.29) is 44.9 Å². The first-order chi connectivity index (χ1) is 28.4. The number of alkyl halides is 6. The summed E-state index contributed by atoms with van der Waals surface area (Å²) >= 11 is 0. The number of halogens is 6. The quantitative estimate of drug-likeness (QED) is 0.134. The molecule has 0 aromatic heterocycles. The van der Waals surface area contributed by atoms with Gasteiger partial charge in [-0.2, -0.15) is 26.3 Å². The van der Waals surface area contributed by atoms with Crippen molar-refractivity contribution in [2.75, 3.05) is 7.11 Å². The standard InChI is InChI=1S/C9H20O.C8H12F6O.3C8H18O.2C7H16O/c1-8(2,3)7-9(4,5)10-6;1-5(2,3)4-6(15,7(9,10)11)8(12,13)14;3*1-7(2,3)6-8(4,5)9;2*1-6(8)5-7(2,3)4/h7H2,1-6H3;15H,4H2,1-3H3;3*9H,6H2,1-5H3;2*6,8H,5H2,1-4H3/t;;;;;2*6-/m.....10/s1. The second kappa shape index (κ2) is 29.9. The molecule has 0 unspecified atom stereocenters. The molecule has 13 heteroatoms. The fourth-order valence-corrected chi connectivity index (χ4v) is 8.14. The molecular weight excluding hydrogens is 887 g/mol. The van der Waals surface area contributed by atoms with Crippen molar-refractivity contribution in [1.29, 1.82) is 0 Å². The van der Waals surface area contributed by atoms with Gasteiger partial charge in [-0.1, -0.05) is 145 Å². The first-order valence-corrected chi connectivity index (χ1v) is 24.4. The molecule has 0 aliphatic rings. The molecule has 0 amide bonds. The SMILES string of the molecule is CC(C)(C)CC(C)(C)O.CC(C)(C)CC(C)(C)O.CC(C)(C)CC(C)(C)O.CC(C)(C)CC(O)(C(F)(F)F)C(F)(F)F.COC(C)(C)CC(C)(C)C.C[C@@H](O)CC(C)(C)C.C[C@H](O)CC(C)(C)C. The van der Waals surface area contributed by atoms with Crippen LogP contribution in [0.1, 0.15) is 260 Å². The van der Waals surface area contributed by atoms with Crippen LogP contribution < -0.4 is 0 Å². The maximum atomic E-state index is 12.2. The summed E-state index contributed by atoms with van der Waals surface area (Å²) in [6, 6.07) is 0. The average molecular weight is 1010 g/mol. The fraction of sp³-hybridized carbons (Fsp3) is 1.00. The van der Waals surface area contributed by atoms with Crippen molar-refractivity contribution in [3.63, 3.8) is 0 Å². The van der Waals surface area contributed by atoms with Gasteiger partial charge in [0.15, 0.2) is 0 Å². The minimum absolute atomic E-state index is 0.0260. The minimum atomic E-state index is -5.72. The summed E-state index contributed by atoms with van der Waals surface area (Å²) < 4.78 is 78.3. The van der Waals surface area contributed by atoms with Crippen LogP contribution in [0.5, 0.6) is 0 Å². The van der Waals surface area contributed by atoms with Crippen molar-refractivity contribution in [2.45, 2.75) is 312 Å². The summed E-state index contributed by atoms with van der Waals surface area (Å²) in [6.07, 6.45) is -7.79. The Morgan fingerprint density at radius 2 is 0.500 bits per heavy atom. The highest BCUT2D eigenvalue weighted by atomic mass is 19.4. The van der Waals surface area contributed by atoms with E-state index in [0.29, 0.717) is 5.41 Å². The Kier molecular flexibility index (Phi) is 35.7. The lowest BCUT2D eigenvalue weighted by Gasteiger charge is -2.36. The minimum Gasteiger partial charge on any atom is -0.393 e. The van der Waals surface area contributed by atoms with Gasteiger partial charge in [0.25, 0.3) is 5.60 Å². The molecule has 0 aromatic rings. The van der Waals surface area contributed by atoms with Crippen molar-refractivity contribution in [2.24, 2.45) is 37.9 Å². The first-order valence-electron chi connectivity index (χ1n) is 24.4. The summed E-state index contributed by atoms with van der Waals surface area (Å²) in [5.74, 6) is 0. The zero-order valence-corrected chi connectivity index (χ0v) is 50.5. The lowest BCUT2D eigenvalue weighted by molar-refractivity contribution is -0.375. The molecule has 0 spiro atoms. The van der Waals surface area contributed by atoms with E-state index in [1.165, 1.54) is 20.8 Å². The maximum absolute atomic E-state index is 12.2. The van der Waals surface area contributed by atoms with Crippen LogP contribution in [0, 0.1) is 37.9 Å². The van der Waals surface area contributed by atoms with Crippen LogP contribution in [-0.2, 0) is 4.74 Å². The summed E-state index contributed by atoms with van der Waals surface area (Å²) in [4.78, 5) is 0. The highest BCUT2D eigenvalue weighted by molar-refractivity contribution is 4.96. The van der Waals surface area contributed by atoms with Gasteiger partial charge in [-0.25, -0.2) is 0 Å². The lowest BCUT2D eigenvalue weighted by atomic mass is 9.81. The van der Waals surface area contributed by atoms with Gasteiger partial charge < -0.3 is 35.4 Å². The Balaban J connectivity index is -0.000000129. The predicted molar refractivity (Wildman–Crippen MR) is 279 cm³/mol. The molecule has 6 N–H and O–H groups in total. The van der Waals surface area contributed by atoms with Crippen LogP contribution >= 0.6 is 0 Å². The topological polar surface area (TPSA) is 131 Å². The number of aliphatic hydroxyl groups excluding tert-OH is 2. The Morgan fingerprint density at radius 3 is 0.529 bits per heavy atom. The third-order valence-electron chi connectivity index (χ3n) is 7.94. The largest absolute Gasteiger partial charge is 0.426 e. The van der Waals surface area contributed by atoms with Crippen molar-refractivity contribution < 1.29 is 61.7 Å². The van der Waals surface area contributed by atoms with Gasteiger partial charge in [-0.3, -0.25) is 0 Å². The monoisotopic (exact) mass is 1000 g/mol. The molecule has 0 radical (unpaired) electrons. The van der Waals surface area contributed by atoms with Gasteiger partial charge in [0.1, 0.15) is 0 Å². The van der Waals surface area contributed by atoms with Crippen molar-refractivity contribution in [3.05, 3.63) is 0 Å². The summed E-state index contributed by atoms with van der Waals surface area (Å²) in [5, 5.41) is 54.6. The molecule has 0 bridgehead atoms. The maximum Gasteiger partial charge on any atom is 0.426 e. The van der Waals surface area contributed by atoms with Crippen molar-refractivity contribution in [3.8, 4) is 0 Å². The number of methoxy groups -OCH3 is 1. The average Bonchev–Trinajstić information content (AvgIpc) is 2.82. The van der Waals surface area contributed by atoms with E-state index in [2.05, 4.69) is 138 Å². The molecular formula is C55H118F6O7. The van der Waals surface area contributed by atoms with Crippen LogP contribution in [-0.4, -0.2) is 90.3 Å². The van der Waals surface area contributed by atoms with Crippen LogP contribution in [0.3, 0.4) is 0 Å². The Hall–Kier alpha value is -0.700. The highest BCUT2D eigenvalue weighted by Crippen LogP contribution is 2.48. The van der Waals surface area contributed by atoms with Crippen LogP contribution in [0.25, 0.3) is 0 Å². The molecule has 68 heavy (non-hydrogen) atoms. The van der Waals surface area contributed by atoms with Crippen LogP contribution in [0.15, 0.2) is 0 Å². The zero-order chi connectivity index (χ0) is 57.8. The van der Waals surface area contributed by atoms with Crippen molar-refractivity contribution >= 4 is 0 Å². The number of hydrogen-bond acceptors (Lipinski definition) is 7. The molecule has 0 aromatic carbocycles. The molecule has 0 saturated heterocycles. The van der Waals surface area contributed by atoms with E-state index >= 15 is 0 Å². The van der Waals surface area contributed by atoms with Crippen LogP contribution in [0.4, 0.5) is 26.3 Å². The number of ether oxygens (including phenoxy) is 1. The van der Waals surface area contributed by atoms with Crippen molar-refractivity contribution in [1.82, 2.24) is 0 Å². The molecule has 0 fully saturated rings. The molecule has 0 saturated carbocycles. The van der Waals surface area contributed by atoms with Gasteiger partial charge in [0.2, 0.25) is 0 Å². The lowest BCUT2D eigenvalue weighted by Crippen LogP contribution is -2.58. The zero-order valence-electron chi connectivity index (χ0n) is 50.5. The molecule has 0 aliphatic heterocycles. The third-order valence-corrected chi connectivity index (χ3v) is 7.94. The van der Waals surface area contributed by atoms with Crippen LogP contribution in [0.2, 0.25) is 0 Å². The van der Waals surface area contributed by atoms with E-state index < -0.39 is 46.6 Å². The molecule has 2 atom stereocenters. The van der Waals surface area contributed by atoms with Gasteiger partial charge >= 0.3 is 12.4 Å². The molecule has 0 aliphatic carbocycles. The van der Waals surface area contributed by atoms with E-state index in [9.17, 15) is 41.7 Å². The van der Waals surface area contributed by atoms with E-state index in [4.69, 9.17) is 20.1 Å². The molecule has 0 rings (SSSR count).